The van der Waals surface area contributed by atoms with Gasteiger partial charge in [0.2, 0.25) is 6.79 Å². The van der Waals surface area contributed by atoms with E-state index in [0.29, 0.717) is 17.9 Å². The van der Waals surface area contributed by atoms with Crippen LogP contribution in [0, 0.1) is 11.6 Å². The number of ether oxygens (including phenoxy) is 2. The highest BCUT2D eigenvalue weighted by Gasteiger charge is 2.28. The number of hydrogen-bond acceptors (Lipinski definition) is 5. The highest BCUT2D eigenvalue weighted by molar-refractivity contribution is 6.01. The Morgan fingerprint density at radius 3 is 2.77 bits per heavy atom. The predicted molar refractivity (Wildman–Crippen MR) is 109 cm³/mol. The summed E-state index contributed by atoms with van der Waals surface area (Å²) in [6, 6.07) is 8.37. The van der Waals surface area contributed by atoms with Gasteiger partial charge in [-0.25, -0.2) is 13.6 Å². The Labute approximate surface area is 178 Å². The first-order valence-electron chi connectivity index (χ1n) is 10.0. The van der Waals surface area contributed by atoms with Crippen LogP contribution < -0.4 is 14.8 Å². The number of amides is 2. The molecule has 0 spiro atoms. The lowest BCUT2D eigenvalue weighted by Crippen LogP contribution is -2.45. The number of fused-ring (bicyclic) bond motifs is 1. The van der Waals surface area contributed by atoms with E-state index in [9.17, 15) is 13.6 Å². The summed E-state index contributed by atoms with van der Waals surface area (Å²) in [6.07, 6.45) is 0.0682. The number of nitrogens with zero attached hydrogens (tertiary/aromatic N) is 2. The summed E-state index contributed by atoms with van der Waals surface area (Å²) in [7, 11) is 0. The molecule has 164 valence electrons. The number of oxime groups is 1. The molecule has 0 saturated heterocycles. The second-order valence-electron chi connectivity index (χ2n) is 7.76. The van der Waals surface area contributed by atoms with E-state index in [1.54, 1.807) is 0 Å². The second-order valence-corrected chi connectivity index (χ2v) is 7.76. The monoisotopic (exact) mass is 431 g/mol. The first kappa shape index (κ1) is 20.9. The van der Waals surface area contributed by atoms with Crippen molar-refractivity contribution >= 4 is 11.7 Å². The number of carbonyl (C=O) groups excluding carboxylic acids is 1. The smallest absolute Gasteiger partial charge is 0.318 e. The normalized spacial score (nSPS) is 16.8. The molecule has 0 aliphatic carbocycles. The van der Waals surface area contributed by atoms with E-state index in [1.807, 2.05) is 32.0 Å². The standard InChI is InChI=1S/C22H23F2N3O4/c1-13(2)25-22(28)27(10-15-3-5-16(23)8-18(15)24)11-17-9-19(26-31-17)14-4-6-20-21(7-14)30-12-29-20/h3-8,13,17H,9-12H2,1-2H3,(H,25,28). The minimum atomic E-state index is -0.702. The third-order valence-electron chi connectivity index (χ3n) is 4.94. The molecule has 1 N–H and O–H groups in total. The molecule has 2 heterocycles. The molecule has 1 atom stereocenters. The lowest BCUT2D eigenvalue weighted by atomic mass is 10.0. The summed E-state index contributed by atoms with van der Waals surface area (Å²) in [5.74, 6) is -0.0432. The Balaban J connectivity index is 1.45. The Morgan fingerprint density at radius 1 is 1.19 bits per heavy atom. The first-order valence-corrected chi connectivity index (χ1v) is 10.0. The average molecular weight is 431 g/mol. The molecule has 0 aromatic heterocycles. The molecule has 2 aliphatic rings. The molecule has 1 unspecified atom stereocenters. The van der Waals surface area contributed by atoms with E-state index < -0.39 is 17.7 Å². The Morgan fingerprint density at radius 2 is 2.00 bits per heavy atom. The van der Waals surface area contributed by atoms with Crippen molar-refractivity contribution in [1.82, 2.24) is 10.2 Å². The number of benzene rings is 2. The Hall–Kier alpha value is -3.36. The van der Waals surface area contributed by atoms with E-state index in [2.05, 4.69) is 10.5 Å². The van der Waals surface area contributed by atoms with E-state index in [0.717, 1.165) is 17.3 Å². The zero-order valence-corrected chi connectivity index (χ0v) is 17.2. The highest BCUT2D eigenvalue weighted by atomic mass is 19.1. The van der Waals surface area contributed by atoms with Gasteiger partial charge in [-0.05, 0) is 38.1 Å². The van der Waals surface area contributed by atoms with Gasteiger partial charge in [-0.15, -0.1) is 0 Å². The lowest BCUT2D eigenvalue weighted by Gasteiger charge is -2.26. The third kappa shape index (κ3) is 4.87. The van der Waals surface area contributed by atoms with Crippen molar-refractivity contribution in [3.8, 4) is 11.5 Å². The summed E-state index contributed by atoms with van der Waals surface area (Å²) in [5.41, 5.74) is 1.78. The predicted octanol–water partition coefficient (Wildman–Crippen LogP) is 3.81. The minimum Gasteiger partial charge on any atom is -0.454 e. The van der Waals surface area contributed by atoms with Crippen LogP contribution in [0.25, 0.3) is 0 Å². The number of urea groups is 1. The molecule has 2 aromatic rings. The van der Waals surface area contributed by atoms with Gasteiger partial charge in [-0.1, -0.05) is 11.2 Å². The molecule has 7 nitrogen and oxygen atoms in total. The molecule has 2 aliphatic heterocycles. The van der Waals surface area contributed by atoms with Crippen molar-refractivity contribution in [2.24, 2.45) is 5.16 Å². The molecule has 4 rings (SSSR count). The van der Waals surface area contributed by atoms with Gasteiger partial charge < -0.3 is 24.5 Å². The van der Waals surface area contributed by atoms with Crippen molar-refractivity contribution in [3.63, 3.8) is 0 Å². The first-order chi connectivity index (χ1) is 14.9. The molecule has 2 amide bonds. The van der Waals surface area contributed by atoms with Crippen LogP contribution in [-0.4, -0.2) is 42.1 Å². The summed E-state index contributed by atoms with van der Waals surface area (Å²) in [6.45, 7) is 4.02. The van der Waals surface area contributed by atoms with Crippen LogP contribution in [0.3, 0.4) is 0 Å². The summed E-state index contributed by atoms with van der Waals surface area (Å²) >= 11 is 0. The van der Waals surface area contributed by atoms with Gasteiger partial charge in [0.05, 0.1) is 18.8 Å². The highest BCUT2D eigenvalue weighted by Crippen LogP contribution is 2.33. The molecular formula is C22H23F2N3O4. The Kier molecular flexibility index (Phi) is 5.92. The van der Waals surface area contributed by atoms with E-state index in [-0.39, 0.29) is 37.5 Å². The van der Waals surface area contributed by atoms with Gasteiger partial charge >= 0.3 is 6.03 Å². The zero-order valence-electron chi connectivity index (χ0n) is 17.2. The van der Waals surface area contributed by atoms with Gasteiger partial charge in [0.15, 0.2) is 17.6 Å². The SMILES string of the molecule is CC(C)NC(=O)N(Cc1ccc(F)cc1F)CC1CC(c2ccc3c(c2)OCO3)=NO1. The van der Waals surface area contributed by atoms with Gasteiger partial charge in [0.25, 0.3) is 0 Å². The molecule has 0 radical (unpaired) electrons. The maximum absolute atomic E-state index is 14.2. The number of carbonyl (C=O) groups is 1. The van der Waals surface area contributed by atoms with Crippen LogP contribution in [0.4, 0.5) is 13.6 Å². The van der Waals surface area contributed by atoms with Crippen molar-refractivity contribution < 1.29 is 27.9 Å². The molecule has 9 heteroatoms. The average Bonchev–Trinajstić information content (AvgIpc) is 3.37. The van der Waals surface area contributed by atoms with E-state index in [1.165, 1.54) is 17.0 Å². The fraction of sp³-hybridized carbons (Fsp3) is 0.364. The number of nitrogens with one attached hydrogen (secondary N) is 1. The quantitative estimate of drug-likeness (QED) is 0.755. The zero-order chi connectivity index (χ0) is 22.0. The van der Waals surface area contributed by atoms with Crippen LogP contribution in [0.15, 0.2) is 41.6 Å². The van der Waals surface area contributed by atoms with Crippen LogP contribution in [0.5, 0.6) is 11.5 Å². The van der Waals surface area contributed by atoms with Crippen molar-refractivity contribution in [3.05, 3.63) is 59.2 Å². The van der Waals surface area contributed by atoms with E-state index in [4.69, 9.17) is 14.3 Å². The maximum atomic E-state index is 14.2. The number of halogens is 2. The fourth-order valence-corrected chi connectivity index (χ4v) is 3.43. The summed E-state index contributed by atoms with van der Waals surface area (Å²) < 4.78 is 38.1. The second kappa shape index (κ2) is 8.79. The van der Waals surface area contributed by atoms with Gasteiger partial charge in [-0.3, -0.25) is 0 Å². The van der Waals surface area contributed by atoms with Gasteiger partial charge in [0, 0.05) is 29.7 Å². The molecular weight excluding hydrogens is 408 g/mol. The van der Waals surface area contributed by atoms with Gasteiger partial charge in [0.1, 0.15) is 11.6 Å². The molecule has 0 saturated carbocycles. The topological polar surface area (TPSA) is 72.4 Å². The van der Waals surface area contributed by atoms with E-state index >= 15 is 0 Å². The number of rotatable bonds is 6. The van der Waals surface area contributed by atoms with Crippen LogP contribution in [0.1, 0.15) is 31.4 Å². The largest absolute Gasteiger partial charge is 0.454 e. The molecule has 2 aromatic carbocycles. The van der Waals surface area contributed by atoms with Crippen molar-refractivity contribution in [2.45, 2.75) is 39.0 Å². The summed E-state index contributed by atoms with van der Waals surface area (Å²) in [5, 5.41) is 6.97. The fourth-order valence-electron chi connectivity index (χ4n) is 3.43. The molecule has 0 bridgehead atoms. The van der Waals surface area contributed by atoms with Crippen LogP contribution in [-0.2, 0) is 11.4 Å². The van der Waals surface area contributed by atoms with Crippen molar-refractivity contribution in [2.75, 3.05) is 13.3 Å². The Bertz CT molecular complexity index is 1010. The molecule has 31 heavy (non-hydrogen) atoms. The van der Waals surface area contributed by atoms with Crippen LogP contribution >= 0.6 is 0 Å². The molecule has 0 fully saturated rings. The minimum absolute atomic E-state index is 0.0239. The van der Waals surface area contributed by atoms with Crippen molar-refractivity contribution in [1.29, 1.82) is 0 Å². The number of hydrogen-bond donors (Lipinski definition) is 1. The van der Waals surface area contributed by atoms with Crippen LogP contribution in [0.2, 0.25) is 0 Å². The summed E-state index contributed by atoms with van der Waals surface area (Å²) in [4.78, 5) is 19.7. The maximum Gasteiger partial charge on any atom is 0.318 e. The lowest BCUT2D eigenvalue weighted by molar-refractivity contribution is 0.0584. The third-order valence-corrected chi connectivity index (χ3v) is 4.94. The van der Waals surface area contributed by atoms with Gasteiger partial charge in [-0.2, -0.15) is 0 Å².